The van der Waals surface area contributed by atoms with Crippen LogP contribution >= 0.6 is 0 Å². The van der Waals surface area contributed by atoms with Crippen molar-refractivity contribution in [2.24, 2.45) is 0 Å². The Kier molecular flexibility index (Phi) is 4.14. The summed E-state index contributed by atoms with van der Waals surface area (Å²) in [6, 6.07) is 0.769. The second-order valence-electron chi connectivity index (χ2n) is 4.43. The van der Waals surface area contributed by atoms with E-state index in [1.165, 1.54) is 25.9 Å². The van der Waals surface area contributed by atoms with Crippen LogP contribution in [0.2, 0.25) is 0 Å². The van der Waals surface area contributed by atoms with Crippen LogP contribution in [0.15, 0.2) is 12.7 Å². The van der Waals surface area contributed by atoms with Crippen molar-refractivity contribution in [2.45, 2.75) is 18.9 Å². The number of hydrogen-bond donors (Lipinski definition) is 2. The van der Waals surface area contributed by atoms with Gasteiger partial charge in [-0.25, -0.2) is 0 Å². The fraction of sp³-hybridized carbons (Fsp3) is 0.818. The topological polar surface area (TPSA) is 30.5 Å². The Labute approximate surface area is 92.3 Å². The van der Waals surface area contributed by atoms with Gasteiger partial charge < -0.3 is 5.32 Å². The van der Waals surface area contributed by atoms with Gasteiger partial charge in [-0.1, -0.05) is 6.08 Å². The summed E-state index contributed by atoms with van der Waals surface area (Å²) in [7, 11) is 0. The molecule has 2 heterocycles. The van der Waals surface area contributed by atoms with Crippen molar-refractivity contribution < 1.29 is 0 Å². The van der Waals surface area contributed by atoms with Gasteiger partial charge in [-0.2, -0.15) is 0 Å². The molecule has 86 valence electrons. The molecule has 4 heteroatoms. The minimum absolute atomic E-state index is 0.769. The molecule has 1 atom stereocenters. The molecule has 0 radical (unpaired) electrons. The molecule has 2 N–H and O–H groups in total. The fourth-order valence-corrected chi connectivity index (χ4v) is 2.47. The molecule has 0 amide bonds. The fourth-order valence-electron chi connectivity index (χ4n) is 2.47. The Hall–Kier alpha value is -0.420. The Morgan fingerprint density at radius 1 is 1.47 bits per heavy atom. The molecule has 0 saturated carbocycles. The zero-order valence-corrected chi connectivity index (χ0v) is 9.41. The highest BCUT2D eigenvalue weighted by Gasteiger charge is 2.27. The second-order valence-corrected chi connectivity index (χ2v) is 4.43. The number of nitrogens with one attached hydrogen (secondary N) is 2. The summed E-state index contributed by atoms with van der Waals surface area (Å²) in [4.78, 5) is 5.01. The van der Waals surface area contributed by atoms with Crippen LogP contribution in [0.1, 0.15) is 12.8 Å². The largest absolute Gasteiger partial charge is 0.301 e. The van der Waals surface area contributed by atoms with Gasteiger partial charge in [0.2, 0.25) is 0 Å². The average Bonchev–Trinajstić information content (AvgIpc) is 2.58. The molecular weight excluding hydrogens is 188 g/mol. The lowest BCUT2D eigenvalue weighted by atomic mass is 10.2. The van der Waals surface area contributed by atoms with Gasteiger partial charge in [0.05, 0.1) is 6.67 Å². The minimum Gasteiger partial charge on any atom is -0.301 e. The Morgan fingerprint density at radius 2 is 2.40 bits per heavy atom. The first-order chi connectivity index (χ1) is 7.40. The van der Waals surface area contributed by atoms with E-state index in [2.05, 4.69) is 27.0 Å². The first kappa shape index (κ1) is 11.1. The third-order valence-electron chi connectivity index (χ3n) is 3.24. The molecular formula is C11H22N4. The van der Waals surface area contributed by atoms with Crippen LogP contribution < -0.4 is 10.6 Å². The van der Waals surface area contributed by atoms with Gasteiger partial charge in [0, 0.05) is 32.5 Å². The number of hydrogen-bond acceptors (Lipinski definition) is 4. The average molecular weight is 210 g/mol. The molecule has 0 aromatic rings. The highest BCUT2D eigenvalue weighted by Crippen LogP contribution is 2.18. The minimum atomic E-state index is 0.769. The highest BCUT2D eigenvalue weighted by molar-refractivity contribution is 4.83. The molecule has 0 bridgehead atoms. The maximum atomic E-state index is 3.71. The molecule has 0 aliphatic carbocycles. The summed E-state index contributed by atoms with van der Waals surface area (Å²) in [5.74, 6) is 0. The second kappa shape index (κ2) is 5.61. The Morgan fingerprint density at radius 3 is 3.27 bits per heavy atom. The molecule has 2 aliphatic rings. The first-order valence-electron chi connectivity index (χ1n) is 5.89. The molecule has 2 aliphatic heterocycles. The SMILES string of the molecule is C=CCNCN1CNCN2CCCC2C1. The van der Waals surface area contributed by atoms with Crippen LogP contribution in [-0.2, 0) is 0 Å². The van der Waals surface area contributed by atoms with Gasteiger partial charge in [0.1, 0.15) is 0 Å². The zero-order valence-electron chi connectivity index (χ0n) is 9.41. The van der Waals surface area contributed by atoms with Crippen LogP contribution in [0.3, 0.4) is 0 Å². The van der Waals surface area contributed by atoms with Gasteiger partial charge in [-0.3, -0.25) is 15.1 Å². The highest BCUT2D eigenvalue weighted by atomic mass is 15.4. The Balaban J connectivity index is 1.77. The molecule has 2 saturated heterocycles. The predicted molar refractivity (Wildman–Crippen MR) is 62.4 cm³/mol. The van der Waals surface area contributed by atoms with Crippen LogP contribution in [0.4, 0.5) is 0 Å². The monoisotopic (exact) mass is 210 g/mol. The molecule has 0 aromatic heterocycles. The molecule has 1 unspecified atom stereocenters. The van der Waals surface area contributed by atoms with Crippen LogP contribution in [0.5, 0.6) is 0 Å². The molecule has 4 nitrogen and oxygen atoms in total. The number of fused-ring (bicyclic) bond motifs is 1. The van der Waals surface area contributed by atoms with Gasteiger partial charge in [0.15, 0.2) is 0 Å². The lowest BCUT2D eigenvalue weighted by Crippen LogP contribution is -2.41. The van der Waals surface area contributed by atoms with Crippen molar-refractivity contribution in [1.29, 1.82) is 0 Å². The Bertz CT molecular complexity index is 207. The summed E-state index contributed by atoms with van der Waals surface area (Å²) in [5.41, 5.74) is 0. The lowest BCUT2D eigenvalue weighted by molar-refractivity contribution is 0.212. The predicted octanol–water partition coefficient (Wildman–Crippen LogP) is 0.00410. The van der Waals surface area contributed by atoms with Crippen molar-refractivity contribution in [3.63, 3.8) is 0 Å². The molecule has 0 aromatic carbocycles. The zero-order chi connectivity index (χ0) is 10.5. The van der Waals surface area contributed by atoms with Crippen LogP contribution in [0, 0.1) is 0 Å². The maximum Gasteiger partial charge on any atom is 0.0503 e. The van der Waals surface area contributed by atoms with E-state index in [1.54, 1.807) is 0 Å². The molecule has 2 rings (SSSR count). The van der Waals surface area contributed by atoms with Crippen LogP contribution in [0.25, 0.3) is 0 Å². The summed E-state index contributed by atoms with van der Waals surface area (Å²) in [5, 5.41) is 6.84. The summed E-state index contributed by atoms with van der Waals surface area (Å²) >= 11 is 0. The van der Waals surface area contributed by atoms with Crippen molar-refractivity contribution in [3.05, 3.63) is 12.7 Å². The van der Waals surface area contributed by atoms with Crippen LogP contribution in [-0.4, -0.2) is 55.5 Å². The van der Waals surface area contributed by atoms with E-state index in [-0.39, 0.29) is 0 Å². The van der Waals surface area contributed by atoms with Gasteiger partial charge >= 0.3 is 0 Å². The van der Waals surface area contributed by atoms with E-state index in [0.29, 0.717) is 0 Å². The van der Waals surface area contributed by atoms with Crippen molar-refractivity contribution in [1.82, 2.24) is 20.4 Å². The van der Waals surface area contributed by atoms with E-state index in [9.17, 15) is 0 Å². The molecule has 2 fully saturated rings. The standard InChI is InChI=1S/C11H22N4/c1-2-5-12-8-14-7-11-4-3-6-15(11)10-13-9-14/h2,11-13H,1,3-10H2. The van der Waals surface area contributed by atoms with Gasteiger partial charge in [-0.15, -0.1) is 6.58 Å². The summed E-state index contributed by atoms with van der Waals surface area (Å²) < 4.78 is 0. The third-order valence-corrected chi connectivity index (χ3v) is 3.24. The summed E-state index contributed by atoms with van der Waals surface area (Å²) in [6.07, 6.45) is 4.63. The van der Waals surface area contributed by atoms with E-state index < -0.39 is 0 Å². The van der Waals surface area contributed by atoms with E-state index in [4.69, 9.17) is 0 Å². The van der Waals surface area contributed by atoms with E-state index in [0.717, 1.165) is 32.6 Å². The lowest BCUT2D eigenvalue weighted by Gasteiger charge is -2.24. The maximum absolute atomic E-state index is 3.71. The number of rotatable bonds is 4. The normalized spacial score (nSPS) is 28.7. The number of nitrogens with zero attached hydrogens (tertiary/aromatic N) is 2. The molecule has 0 spiro atoms. The van der Waals surface area contributed by atoms with Gasteiger partial charge in [-0.05, 0) is 19.4 Å². The third kappa shape index (κ3) is 3.01. The van der Waals surface area contributed by atoms with Crippen molar-refractivity contribution >= 4 is 0 Å². The smallest absolute Gasteiger partial charge is 0.0503 e. The van der Waals surface area contributed by atoms with E-state index >= 15 is 0 Å². The van der Waals surface area contributed by atoms with Gasteiger partial charge in [0.25, 0.3) is 0 Å². The summed E-state index contributed by atoms with van der Waals surface area (Å²) in [6.45, 7) is 10.1. The first-order valence-corrected chi connectivity index (χ1v) is 5.89. The quantitative estimate of drug-likeness (QED) is 0.505. The van der Waals surface area contributed by atoms with E-state index in [1.807, 2.05) is 6.08 Å². The van der Waals surface area contributed by atoms with Crippen molar-refractivity contribution in [3.8, 4) is 0 Å². The van der Waals surface area contributed by atoms with Crippen molar-refractivity contribution in [2.75, 3.05) is 39.6 Å². The molecule has 15 heavy (non-hydrogen) atoms.